The van der Waals surface area contributed by atoms with Crippen molar-refractivity contribution in [3.63, 3.8) is 0 Å². The molecular weight excluding hydrogens is 318 g/mol. The van der Waals surface area contributed by atoms with Gasteiger partial charge < -0.3 is 10.6 Å². The molecule has 2 fully saturated rings. The zero-order chi connectivity index (χ0) is 17.8. The molecule has 3 amide bonds. The maximum Gasteiger partial charge on any atom is 0.292 e. The summed E-state index contributed by atoms with van der Waals surface area (Å²) < 4.78 is 0. The van der Waals surface area contributed by atoms with Gasteiger partial charge in [-0.25, -0.2) is 4.90 Å². The largest absolute Gasteiger partial charge is 0.333 e. The van der Waals surface area contributed by atoms with E-state index in [-0.39, 0.29) is 30.2 Å². The van der Waals surface area contributed by atoms with Crippen LogP contribution < -0.4 is 15.5 Å². The Morgan fingerprint density at radius 2 is 1.72 bits per heavy atom. The van der Waals surface area contributed by atoms with Crippen molar-refractivity contribution in [2.24, 2.45) is 0 Å². The first kappa shape index (κ1) is 17.6. The van der Waals surface area contributed by atoms with Crippen LogP contribution in [0.2, 0.25) is 0 Å². The van der Waals surface area contributed by atoms with Gasteiger partial charge in [0.2, 0.25) is 11.8 Å². The van der Waals surface area contributed by atoms with E-state index >= 15 is 0 Å². The molecule has 0 bridgehead atoms. The minimum absolute atomic E-state index is 0.124. The summed E-state index contributed by atoms with van der Waals surface area (Å²) in [6.45, 7) is 1.44. The van der Waals surface area contributed by atoms with Crippen molar-refractivity contribution in [1.82, 2.24) is 0 Å². The van der Waals surface area contributed by atoms with Crippen LogP contribution in [-0.4, -0.2) is 29.8 Å². The highest BCUT2D eigenvalue weighted by Crippen LogP contribution is 2.24. The summed E-state index contributed by atoms with van der Waals surface area (Å²) in [4.78, 5) is 37.5. The highest BCUT2D eigenvalue weighted by Gasteiger charge is 2.43. The lowest BCUT2D eigenvalue weighted by atomic mass is 10.1. The zero-order valence-corrected chi connectivity index (χ0v) is 14.7. The van der Waals surface area contributed by atoms with Gasteiger partial charge >= 0.3 is 0 Å². The molecule has 1 atom stereocenters. The van der Waals surface area contributed by atoms with Crippen LogP contribution in [0.3, 0.4) is 0 Å². The second-order valence-corrected chi connectivity index (χ2v) is 7.05. The monoisotopic (exact) mass is 344 g/mol. The Bertz CT molecular complexity index is 648. The molecular formula is C19H26N3O3+. The standard InChI is InChI=1S/C19H25N3O3/c1-13(23)20-15-8-10-16(11-9-15)22-18(24)12-17(19(22)25)21-14-6-4-2-3-5-7-14/h8-11,14,17,21H,2-7,12H2,1H3,(H,20,23)/p+1/t17-/m0/s1. The van der Waals surface area contributed by atoms with Crippen LogP contribution in [0.25, 0.3) is 0 Å². The molecule has 25 heavy (non-hydrogen) atoms. The summed E-state index contributed by atoms with van der Waals surface area (Å²) in [6, 6.07) is 6.97. The van der Waals surface area contributed by atoms with E-state index in [1.807, 2.05) is 0 Å². The lowest BCUT2D eigenvalue weighted by molar-refractivity contribution is -0.708. The van der Waals surface area contributed by atoms with Gasteiger partial charge in [-0.3, -0.25) is 14.4 Å². The fraction of sp³-hybridized carbons (Fsp3) is 0.526. The molecule has 0 spiro atoms. The molecule has 1 aromatic carbocycles. The van der Waals surface area contributed by atoms with E-state index in [0.29, 0.717) is 17.4 Å². The number of hydrogen-bond acceptors (Lipinski definition) is 3. The van der Waals surface area contributed by atoms with Crippen molar-refractivity contribution in [1.29, 1.82) is 0 Å². The predicted octanol–water partition coefficient (Wildman–Crippen LogP) is 1.56. The van der Waals surface area contributed by atoms with Gasteiger partial charge in [-0.2, -0.15) is 0 Å². The van der Waals surface area contributed by atoms with Gasteiger partial charge in [-0.1, -0.05) is 12.8 Å². The number of quaternary nitrogens is 1. The molecule has 1 saturated carbocycles. The first-order valence-electron chi connectivity index (χ1n) is 9.14. The lowest BCUT2D eigenvalue weighted by Crippen LogP contribution is -2.96. The molecule has 1 heterocycles. The molecule has 1 aromatic rings. The highest BCUT2D eigenvalue weighted by molar-refractivity contribution is 6.21. The molecule has 3 rings (SSSR count). The average molecular weight is 344 g/mol. The van der Waals surface area contributed by atoms with Crippen LogP contribution in [0, 0.1) is 0 Å². The first-order valence-corrected chi connectivity index (χ1v) is 9.14. The summed E-state index contributed by atoms with van der Waals surface area (Å²) in [5, 5.41) is 4.80. The Morgan fingerprint density at radius 3 is 2.32 bits per heavy atom. The maximum absolute atomic E-state index is 12.7. The van der Waals surface area contributed by atoms with Gasteiger partial charge in [0.1, 0.15) is 0 Å². The van der Waals surface area contributed by atoms with Gasteiger partial charge in [0, 0.05) is 12.6 Å². The van der Waals surface area contributed by atoms with E-state index in [1.54, 1.807) is 24.3 Å². The number of carbonyl (C=O) groups excluding carboxylic acids is 3. The van der Waals surface area contributed by atoms with Crippen molar-refractivity contribution in [3.05, 3.63) is 24.3 Å². The number of nitrogens with one attached hydrogen (secondary N) is 1. The van der Waals surface area contributed by atoms with E-state index in [0.717, 1.165) is 12.8 Å². The fourth-order valence-corrected chi connectivity index (χ4v) is 3.81. The number of benzene rings is 1. The van der Waals surface area contributed by atoms with Gasteiger partial charge in [0.25, 0.3) is 5.91 Å². The predicted molar refractivity (Wildman–Crippen MR) is 95.1 cm³/mol. The number of carbonyl (C=O) groups is 3. The lowest BCUT2D eigenvalue weighted by Gasteiger charge is -2.18. The number of nitrogens with zero attached hydrogens (tertiary/aromatic N) is 1. The number of hydrogen-bond donors (Lipinski definition) is 2. The second-order valence-electron chi connectivity index (χ2n) is 7.05. The Hall–Kier alpha value is -2.21. The smallest absolute Gasteiger partial charge is 0.292 e. The normalized spacial score (nSPS) is 22.1. The van der Waals surface area contributed by atoms with Crippen LogP contribution in [-0.2, 0) is 14.4 Å². The molecule has 1 aliphatic heterocycles. The van der Waals surface area contributed by atoms with E-state index in [2.05, 4.69) is 10.6 Å². The molecule has 1 saturated heterocycles. The third-order valence-electron chi connectivity index (χ3n) is 5.03. The van der Waals surface area contributed by atoms with Crippen LogP contribution in [0.5, 0.6) is 0 Å². The fourth-order valence-electron chi connectivity index (χ4n) is 3.81. The minimum Gasteiger partial charge on any atom is -0.333 e. The van der Waals surface area contributed by atoms with Gasteiger partial charge in [-0.05, 0) is 49.9 Å². The summed E-state index contributed by atoms with van der Waals surface area (Å²) in [6.07, 6.45) is 7.49. The molecule has 2 aliphatic rings. The van der Waals surface area contributed by atoms with Crippen molar-refractivity contribution in [2.45, 2.75) is 64.0 Å². The summed E-state index contributed by atoms with van der Waals surface area (Å²) in [5.74, 6) is -0.423. The molecule has 0 aromatic heterocycles. The summed E-state index contributed by atoms with van der Waals surface area (Å²) >= 11 is 0. The number of anilines is 2. The van der Waals surface area contributed by atoms with Gasteiger partial charge in [-0.15, -0.1) is 0 Å². The Morgan fingerprint density at radius 1 is 1.08 bits per heavy atom. The van der Waals surface area contributed by atoms with Crippen molar-refractivity contribution in [3.8, 4) is 0 Å². The first-order chi connectivity index (χ1) is 12.0. The summed E-state index contributed by atoms with van der Waals surface area (Å²) in [7, 11) is 0. The van der Waals surface area contributed by atoms with Crippen LogP contribution in [0.15, 0.2) is 24.3 Å². The molecule has 1 aliphatic carbocycles. The van der Waals surface area contributed by atoms with Crippen LogP contribution >= 0.6 is 0 Å². The van der Waals surface area contributed by atoms with Crippen molar-refractivity contribution in [2.75, 3.05) is 10.2 Å². The van der Waals surface area contributed by atoms with E-state index in [9.17, 15) is 14.4 Å². The van der Waals surface area contributed by atoms with E-state index < -0.39 is 0 Å². The molecule has 3 N–H and O–H groups in total. The topological polar surface area (TPSA) is 83.1 Å². The quantitative estimate of drug-likeness (QED) is 0.642. The Balaban J connectivity index is 1.67. The SMILES string of the molecule is CC(=O)Nc1ccc(N2C(=O)C[C@H]([NH2+]C3CCCCCC3)C2=O)cc1. The molecule has 6 heteroatoms. The Labute approximate surface area is 148 Å². The third kappa shape index (κ3) is 4.25. The number of rotatable bonds is 4. The second kappa shape index (κ2) is 7.78. The minimum atomic E-state index is -0.300. The maximum atomic E-state index is 12.7. The summed E-state index contributed by atoms with van der Waals surface area (Å²) in [5.41, 5.74) is 1.22. The van der Waals surface area contributed by atoms with E-state index in [1.165, 1.54) is 37.5 Å². The zero-order valence-electron chi connectivity index (χ0n) is 14.7. The van der Waals surface area contributed by atoms with Gasteiger partial charge in [0.15, 0.2) is 6.04 Å². The molecule has 0 radical (unpaired) electrons. The van der Waals surface area contributed by atoms with Gasteiger partial charge in [0.05, 0.1) is 18.2 Å². The third-order valence-corrected chi connectivity index (χ3v) is 5.03. The van der Waals surface area contributed by atoms with Crippen molar-refractivity contribution < 1.29 is 19.7 Å². The van der Waals surface area contributed by atoms with Crippen LogP contribution in [0.1, 0.15) is 51.9 Å². The number of imide groups is 1. The van der Waals surface area contributed by atoms with E-state index in [4.69, 9.17) is 0 Å². The molecule has 6 nitrogen and oxygen atoms in total. The number of amides is 3. The highest BCUT2D eigenvalue weighted by atomic mass is 16.2. The average Bonchev–Trinajstić information content (AvgIpc) is 2.75. The van der Waals surface area contributed by atoms with Crippen molar-refractivity contribution >= 4 is 29.1 Å². The van der Waals surface area contributed by atoms with Crippen LogP contribution in [0.4, 0.5) is 11.4 Å². The Kier molecular flexibility index (Phi) is 5.48. The molecule has 0 unspecified atom stereocenters. The number of nitrogens with two attached hydrogens (primary N) is 1. The molecule has 134 valence electrons.